The molecular formula is C31H46O4. The average molecular weight is 483 g/mol. The van der Waals surface area contributed by atoms with Crippen LogP contribution in [0.5, 0.6) is 0 Å². The number of carbonyl (C=O) groups is 2. The standard InChI is InChI=1S/C31H46O4/c1-18-19-15-24(33)27(2,3)20(19)9-10-31(7)25(18)23(32)16-21-22-17-29(5,26(34)35-8)12-11-28(22,4)13-14-30(21,31)6/h16,19-20,22,24-25,33H,1,9-15,17H2,2-8H3/t19-,20+,22-,24-,25-,28+,29-,30+,31+/m0/s1. The minimum atomic E-state index is -0.497. The van der Waals surface area contributed by atoms with Crippen LogP contribution in [0.2, 0.25) is 0 Å². The number of allylic oxidation sites excluding steroid dienone is 3. The monoisotopic (exact) mass is 482 g/mol. The number of aliphatic hydroxyl groups excluding tert-OH is 1. The molecule has 0 radical (unpaired) electrons. The fraction of sp³-hybridized carbons (Fsp3) is 0.806. The molecule has 0 spiro atoms. The zero-order valence-corrected chi connectivity index (χ0v) is 23.0. The van der Waals surface area contributed by atoms with Crippen LogP contribution >= 0.6 is 0 Å². The fourth-order valence-corrected chi connectivity index (χ4v) is 9.70. The molecule has 0 unspecified atom stereocenters. The Morgan fingerprint density at radius 1 is 1.06 bits per heavy atom. The second-order valence-corrected chi connectivity index (χ2v) is 14.5. The van der Waals surface area contributed by atoms with Gasteiger partial charge in [-0.25, -0.2) is 0 Å². The van der Waals surface area contributed by atoms with Crippen molar-refractivity contribution in [3.8, 4) is 0 Å². The molecule has 4 nitrogen and oxygen atoms in total. The van der Waals surface area contributed by atoms with Crippen molar-refractivity contribution in [2.45, 2.75) is 99.0 Å². The molecule has 9 atom stereocenters. The van der Waals surface area contributed by atoms with Crippen LogP contribution in [-0.4, -0.2) is 30.1 Å². The van der Waals surface area contributed by atoms with E-state index in [0.717, 1.165) is 56.9 Å². The maximum Gasteiger partial charge on any atom is 0.311 e. The number of esters is 1. The van der Waals surface area contributed by atoms with E-state index in [1.54, 1.807) is 0 Å². The highest BCUT2D eigenvalue weighted by Gasteiger charge is 2.66. The van der Waals surface area contributed by atoms with Gasteiger partial charge in [-0.2, -0.15) is 0 Å². The van der Waals surface area contributed by atoms with Gasteiger partial charge in [-0.3, -0.25) is 9.59 Å². The van der Waals surface area contributed by atoms with E-state index in [4.69, 9.17) is 4.74 Å². The summed E-state index contributed by atoms with van der Waals surface area (Å²) < 4.78 is 5.24. The molecule has 0 aromatic carbocycles. The van der Waals surface area contributed by atoms with Crippen molar-refractivity contribution in [1.82, 2.24) is 0 Å². The molecule has 194 valence electrons. The van der Waals surface area contributed by atoms with Gasteiger partial charge in [0.15, 0.2) is 5.78 Å². The number of fused-ring (bicyclic) bond motifs is 6. The molecule has 5 aliphatic rings. The first kappa shape index (κ1) is 25.2. The number of aliphatic hydroxyl groups is 1. The number of hydrogen-bond donors (Lipinski definition) is 1. The summed E-state index contributed by atoms with van der Waals surface area (Å²) in [5.41, 5.74) is 1.52. The summed E-state index contributed by atoms with van der Waals surface area (Å²) in [5, 5.41) is 10.9. The van der Waals surface area contributed by atoms with Crippen LogP contribution in [0.3, 0.4) is 0 Å². The number of rotatable bonds is 1. The van der Waals surface area contributed by atoms with Gasteiger partial charge in [0, 0.05) is 5.92 Å². The van der Waals surface area contributed by atoms with Crippen LogP contribution in [0, 0.1) is 50.7 Å². The minimum absolute atomic E-state index is 0.103. The average Bonchev–Trinajstić information content (AvgIpc) is 2.94. The second kappa shape index (κ2) is 7.55. The third-order valence-corrected chi connectivity index (χ3v) is 12.7. The van der Waals surface area contributed by atoms with Gasteiger partial charge >= 0.3 is 5.97 Å². The summed E-state index contributed by atoms with van der Waals surface area (Å²) in [5.74, 6) is 0.691. The van der Waals surface area contributed by atoms with Gasteiger partial charge in [-0.05, 0) is 104 Å². The van der Waals surface area contributed by atoms with E-state index in [9.17, 15) is 14.7 Å². The normalized spacial score (nSPS) is 50.7. The van der Waals surface area contributed by atoms with Crippen molar-refractivity contribution in [2.24, 2.45) is 50.7 Å². The van der Waals surface area contributed by atoms with Crippen LogP contribution in [0.4, 0.5) is 0 Å². The first-order chi connectivity index (χ1) is 16.1. The first-order valence-corrected chi connectivity index (χ1v) is 13.9. The van der Waals surface area contributed by atoms with Crippen molar-refractivity contribution >= 4 is 11.8 Å². The van der Waals surface area contributed by atoms with E-state index < -0.39 is 5.41 Å². The Labute approximate surface area is 212 Å². The van der Waals surface area contributed by atoms with Crippen LogP contribution in [0.25, 0.3) is 0 Å². The van der Waals surface area contributed by atoms with Crippen molar-refractivity contribution in [2.75, 3.05) is 7.11 Å². The third-order valence-electron chi connectivity index (χ3n) is 12.7. The molecule has 4 heteroatoms. The van der Waals surface area contributed by atoms with E-state index in [1.807, 2.05) is 6.08 Å². The molecule has 0 amide bonds. The van der Waals surface area contributed by atoms with Gasteiger partial charge in [0.2, 0.25) is 0 Å². The highest BCUT2D eigenvalue weighted by atomic mass is 16.5. The summed E-state index contributed by atoms with van der Waals surface area (Å²) in [4.78, 5) is 26.9. The van der Waals surface area contributed by atoms with E-state index in [-0.39, 0.29) is 57.3 Å². The molecule has 4 fully saturated rings. The Kier molecular flexibility index (Phi) is 5.45. The predicted octanol–water partition coefficient (Wildman–Crippen LogP) is 6.28. The molecule has 5 aliphatic carbocycles. The van der Waals surface area contributed by atoms with E-state index >= 15 is 0 Å². The highest BCUT2D eigenvalue weighted by molar-refractivity contribution is 5.97. The summed E-state index contributed by atoms with van der Waals surface area (Å²) in [6, 6.07) is 0. The zero-order valence-electron chi connectivity index (χ0n) is 23.0. The van der Waals surface area contributed by atoms with Crippen LogP contribution in [-0.2, 0) is 14.3 Å². The lowest BCUT2D eigenvalue weighted by molar-refractivity contribution is -0.159. The second-order valence-electron chi connectivity index (χ2n) is 14.5. The SMILES string of the molecule is C=C1[C@H]2C(=O)C=C3[C@@H]4C[C@@](C)(C(=O)OC)CC[C@]4(C)CC[C@@]3(C)[C@]2(C)CC[C@@H]2[C@H]1C[C@H](O)C2(C)C. The lowest BCUT2D eigenvalue weighted by Crippen LogP contribution is -2.58. The molecule has 0 aliphatic heterocycles. The smallest absolute Gasteiger partial charge is 0.311 e. The predicted molar refractivity (Wildman–Crippen MR) is 137 cm³/mol. The topological polar surface area (TPSA) is 63.6 Å². The van der Waals surface area contributed by atoms with E-state index in [2.05, 4.69) is 48.1 Å². The van der Waals surface area contributed by atoms with Crippen molar-refractivity contribution in [3.05, 3.63) is 23.8 Å². The Morgan fingerprint density at radius 3 is 2.37 bits per heavy atom. The van der Waals surface area contributed by atoms with Crippen LogP contribution < -0.4 is 0 Å². The van der Waals surface area contributed by atoms with Gasteiger partial charge in [-0.15, -0.1) is 0 Å². The van der Waals surface area contributed by atoms with Gasteiger partial charge in [-0.1, -0.05) is 52.3 Å². The Hall–Kier alpha value is -1.42. The molecule has 4 saturated carbocycles. The molecular weight excluding hydrogens is 436 g/mol. The molecule has 1 N–H and O–H groups in total. The van der Waals surface area contributed by atoms with E-state index in [0.29, 0.717) is 5.92 Å². The van der Waals surface area contributed by atoms with Crippen LogP contribution in [0.1, 0.15) is 92.9 Å². The maximum atomic E-state index is 14.1. The Bertz CT molecular complexity index is 1010. The quantitative estimate of drug-likeness (QED) is 0.353. The van der Waals surface area contributed by atoms with Crippen molar-refractivity contribution < 1.29 is 19.4 Å². The number of methoxy groups -OCH3 is 1. The maximum absolute atomic E-state index is 14.1. The molecule has 5 rings (SSSR count). The van der Waals surface area contributed by atoms with Crippen molar-refractivity contribution in [3.63, 3.8) is 0 Å². The molecule has 0 saturated heterocycles. The fourth-order valence-electron chi connectivity index (χ4n) is 9.70. The Balaban J connectivity index is 1.59. The number of hydrogen-bond acceptors (Lipinski definition) is 4. The lowest BCUT2D eigenvalue weighted by Gasteiger charge is -2.63. The van der Waals surface area contributed by atoms with E-state index in [1.165, 1.54) is 12.7 Å². The first-order valence-electron chi connectivity index (χ1n) is 13.9. The highest BCUT2D eigenvalue weighted by Crippen LogP contribution is 2.72. The summed E-state index contributed by atoms with van der Waals surface area (Å²) in [6.45, 7) is 18.2. The van der Waals surface area contributed by atoms with Gasteiger partial charge in [0.25, 0.3) is 0 Å². The largest absolute Gasteiger partial charge is 0.469 e. The summed E-state index contributed by atoms with van der Waals surface area (Å²) in [7, 11) is 1.49. The molecule has 0 heterocycles. The van der Waals surface area contributed by atoms with Crippen LogP contribution in [0.15, 0.2) is 23.8 Å². The lowest BCUT2D eigenvalue weighted by atomic mass is 9.40. The summed E-state index contributed by atoms with van der Waals surface area (Å²) >= 11 is 0. The molecule has 35 heavy (non-hydrogen) atoms. The Morgan fingerprint density at radius 2 is 1.71 bits per heavy atom. The minimum Gasteiger partial charge on any atom is -0.469 e. The molecule has 0 bridgehead atoms. The molecule has 0 aromatic rings. The number of ketones is 1. The molecule has 0 aromatic heterocycles. The van der Waals surface area contributed by atoms with Gasteiger partial charge in [0.1, 0.15) is 0 Å². The zero-order chi connectivity index (χ0) is 25.8. The van der Waals surface area contributed by atoms with Crippen molar-refractivity contribution in [1.29, 1.82) is 0 Å². The van der Waals surface area contributed by atoms with Gasteiger partial charge in [0.05, 0.1) is 18.6 Å². The summed E-state index contributed by atoms with van der Waals surface area (Å²) in [6.07, 6.45) is 9.20. The number of carbonyl (C=O) groups excluding carboxylic acids is 2. The third kappa shape index (κ3) is 3.14. The van der Waals surface area contributed by atoms with Gasteiger partial charge < -0.3 is 9.84 Å². The number of ether oxygens (including phenoxy) is 1.